The van der Waals surface area contributed by atoms with E-state index in [1.165, 1.54) is 6.07 Å². The summed E-state index contributed by atoms with van der Waals surface area (Å²) in [5, 5.41) is 6.18. The third kappa shape index (κ3) is 5.28. The maximum absolute atomic E-state index is 13.1. The van der Waals surface area contributed by atoms with Gasteiger partial charge in [-0.1, -0.05) is 47.1 Å². The fourth-order valence-corrected chi connectivity index (χ4v) is 3.92. The van der Waals surface area contributed by atoms with Crippen LogP contribution in [0.2, 0.25) is 5.02 Å². The Hall–Kier alpha value is -2.91. The first-order valence-corrected chi connectivity index (χ1v) is 10.5. The van der Waals surface area contributed by atoms with Gasteiger partial charge in [0.05, 0.1) is 23.0 Å². The van der Waals surface area contributed by atoms with Crippen molar-refractivity contribution < 1.29 is 22.5 Å². The fraction of sp³-hybridized carbons (Fsp3) is 0.318. The number of amides is 1. The molecule has 1 unspecified atom stereocenters. The molecule has 1 aromatic heterocycles. The molecule has 1 atom stereocenters. The summed E-state index contributed by atoms with van der Waals surface area (Å²) >= 11 is 5.64. The van der Waals surface area contributed by atoms with Crippen molar-refractivity contribution in [1.29, 1.82) is 0 Å². The van der Waals surface area contributed by atoms with E-state index in [0.717, 1.165) is 30.7 Å². The smallest absolute Gasteiger partial charge is 0.338 e. The van der Waals surface area contributed by atoms with Crippen molar-refractivity contribution in [2.45, 2.75) is 25.6 Å². The second kappa shape index (κ2) is 9.30. The summed E-state index contributed by atoms with van der Waals surface area (Å²) in [6.07, 6.45) is -3.19. The molecule has 1 saturated heterocycles. The van der Waals surface area contributed by atoms with E-state index in [-0.39, 0.29) is 17.5 Å². The molecule has 2 aromatic carbocycles. The van der Waals surface area contributed by atoms with Gasteiger partial charge in [-0.25, -0.2) is 0 Å². The molecule has 3 aromatic rings. The molecule has 0 radical (unpaired) electrons. The number of rotatable bonds is 5. The summed E-state index contributed by atoms with van der Waals surface area (Å²) in [7, 11) is 0. The maximum Gasteiger partial charge on any atom is 0.417 e. The highest BCUT2D eigenvalue weighted by Crippen LogP contribution is 2.36. The highest BCUT2D eigenvalue weighted by molar-refractivity contribution is 6.31. The molecule has 32 heavy (non-hydrogen) atoms. The number of aromatic nitrogens is 2. The molecule has 1 aliphatic heterocycles. The molecule has 2 heterocycles. The molecule has 4 rings (SSSR count). The summed E-state index contributed by atoms with van der Waals surface area (Å²) in [6, 6.07) is 12.8. The third-order valence-corrected chi connectivity index (χ3v) is 5.60. The molecular formula is C22H20ClF3N4O2. The van der Waals surface area contributed by atoms with Crippen LogP contribution in [-0.2, 0) is 17.5 Å². The van der Waals surface area contributed by atoms with Crippen LogP contribution in [0.25, 0.3) is 11.4 Å². The van der Waals surface area contributed by atoms with E-state index >= 15 is 0 Å². The highest BCUT2D eigenvalue weighted by atomic mass is 35.5. The standard InChI is InChI=1S/C22H20ClF3N4O2/c23-18-9-8-16(11-17(18)22(24,25)26)27-21(31)15-7-4-10-30(12-15)13-19-28-20(29-32-19)14-5-2-1-3-6-14/h1-3,5-6,8-9,11,15H,4,7,10,12-13H2,(H,27,31). The van der Waals surface area contributed by atoms with Crippen LogP contribution in [0.5, 0.6) is 0 Å². The first-order valence-electron chi connectivity index (χ1n) is 10.1. The van der Waals surface area contributed by atoms with E-state index in [1.807, 2.05) is 35.2 Å². The van der Waals surface area contributed by atoms with Crippen LogP contribution in [0.3, 0.4) is 0 Å². The average Bonchev–Trinajstić information content (AvgIpc) is 3.23. The van der Waals surface area contributed by atoms with Crippen molar-refractivity contribution in [3.05, 3.63) is 65.0 Å². The number of carbonyl (C=O) groups is 1. The minimum Gasteiger partial charge on any atom is -0.338 e. The van der Waals surface area contributed by atoms with Gasteiger partial charge in [0.25, 0.3) is 0 Å². The van der Waals surface area contributed by atoms with Crippen molar-refractivity contribution in [2.24, 2.45) is 5.92 Å². The molecule has 1 N–H and O–H groups in total. The van der Waals surface area contributed by atoms with Crippen molar-refractivity contribution in [1.82, 2.24) is 15.0 Å². The topological polar surface area (TPSA) is 71.3 Å². The van der Waals surface area contributed by atoms with Crippen LogP contribution < -0.4 is 5.32 Å². The van der Waals surface area contributed by atoms with Gasteiger partial charge in [0.1, 0.15) is 0 Å². The lowest BCUT2D eigenvalue weighted by molar-refractivity contribution is -0.137. The van der Waals surface area contributed by atoms with Gasteiger partial charge < -0.3 is 9.84 Å². The summed E-state index contributed by atoms with van der Waals surface area (Å²) in [6.45, 7) is 1.59. The van der Waals surface area contributed by atoms with E-state index in [2.05, 4.69) is 15.5 Å². The molecule has 168 valence electrons. The molecular weight excluding hydrogens is 445 g/mol. The molecule has 1 amide bonds. The molecule has 1 aliphatic rings. The van der Waals surface area contributed by atoms with E-state index in [0.29, 0.717) is 31.2 Å². The van der Waals surface area contributed by atoms with Crippen molar-refractivity contribution >= 4 is 23.2 Å². The number of hydrogen-bond donors (Lipinski definition) is 1. The number of nitrogens with zero attached hydrogens (tertiary/aromatic N) is 3. The van der Waals surface area contributed by atoms with Gasteiger partial charge in [-0.05, 0) is 37.6 Å². The Balaban J connectivity index is 1.38. The van der Waals surface area contributed by atoms with Crippen LogP contribution in [-0.4, -0.2) is 34.0 Å². The van der Waals surface area contributed by atoms with E-state index < -0.39 is 16.8 Å². The van der Waals surface area contributed by atoms with Crippen LogP contribution in [0, 0.1) is 5.92 Å². The Bertz CT molecular complexity index is 1090. The van der Waals surface area contributed by atoms with Gasteiger partial charge in [0.15, 0.2) is 0 Å². The number of benzene rings is 2. The zero-order chi connectivity index (χ0) is 22.7. The number of hydrogen-bond acceptors (Lipinski definition) is 5. The minimum absolute atomic E-state index is 0.0632. The lowest BCUT2D eigenvalue weighted by Crippen LogP contribution is -2.40. The maximum atomic E-state index is 13.1. The van der Waals surface area contributed by atoms with Gasteiger partial charge in [-0.15, -0.1) is 0 Å². The predicted octanol–water partition coefficient (Wildman–Crippen LogP) is 5.26. The predicted molar refractivity (Wildman–Crippen MR) is 113 cm³/mol. The van der Waals surface area contributed by atoms with Gasteiger partial charge in [0, 0.05) is 17.8 Å². The summed E-state index contributed by atoms with van der Waals surface area (Å²) in [5.41, 5.74) is -0.0688. The van der Waals surface area contributed by atoms with E-state index in [4.69, 9.17) is 16.1 Å². The fourth-order valence-electron chi connectivity index (χ4n) is 3.69. The van der Waals surface area contributed by atoms with Crippen LogP contribution in [0.4, 0.5) is 18.9 Å². The quantitative estimate of drug-likeness (QED) is 0.557. The van der Waals surface area contributed by atoms with Crippen LogP contribution >= 0.6 is 11.6 Å². The van der Waals surface area contributed by atoms with Gasteiger partial charge in [0.2, 0.25) is 17.6 Å². The lowest BCUT2D eigenvalue weighted by atomic mass is 9.97. The summed E-state index contributed by atoms with van der Waals surface area (Å²) in [5.74, 6) is 0.235. The van der Waals surface area contributed by atoms with Gasteiger partial charge in [-0.3, -0.25) is 9.69 Å². The Morgan fingerprint density at radius 3 is 2.75 bits per heavy atom. The zero-order valence-corrected chi connectivity index (χ0v) is 17.7. The van der Waals surface area contributed by atoms with Gasteiger partial charge >= 0.3 is 6.18 Å². The number of carbonyl (C=O) groups excluding carboxylic acids is 1. The molecule has 10 heteroatoms. The van der Waals surface area contributed by atoms with E-state index in [1.54, 1.807) is 0 Å². The molecule has 1 fully saturated rings. The lowest BCUT2D eigenvalue weighted by Gasteiger charge is -2.30. The molecule has 0 bridgehead atoms. The number of nitrogens with one attached hydrogen (secondary N) is 1. The Morgan fingerprint density at radius 2 is 2.00 bits per heavy atom. The number of likely N-dealkylation sites (tertiary alicyclic amines) is 1. The average molecular weight is 465 g/mol. The number of anilines is 1. The second-order valence-electron chi connectivity index (χ2n) is 7.63. The largest absolute Gasteiger partial charge is 0.417 e. The van der Waals surface area contributed by atoms with Crippen molar-refractivity contribution in [3.63, 3.8) is 0 Å². The minimum atomic E-state index is -4.60. The molecule has 0 aliphatic carbocycles. The zero-order valence-electron chi connectivity index (χ0n) is 16.9. The number of piperidine rings is 1. The normalized spacial score (nSPS) is 17.3. The Morgan fingerprint density at radius 1 is 1.22 bits per heavy atom. The Kier molecular flexibility index (Phi) is 6.48. The van der Waals surface area contributed by atoms with Crippen molar-refractivity contribution in [2.75, 3.05) is 18.4 Å². The summed E-state index contributed by atoms with van der Waals surface area (Å²) in [4.78, 5) is 19.1. The SMILES string of the molecule is O=C(Nc1ccc(Cl)c(C(F)(F)F)c1)C1CCCN(Cc2nc(-c3ccccc3)no2)C1. The van der Waals surface area contributed by atoms with E-state index in [9.17, 15) is 18.0 Å². The monoisotopic (exact) mass is 464 g/mol. The molecule has 6 nitrogen and oxygen atoms in total. The number of halogens is 4. The highest BCUT2D eigenvalue weighted by Gasteiger charge is 2.34. The molecule has 0 saturated carbocycles. The van der Waals surface area contributed by atoms with Gasteiger partial charge in [-0.2, -0.15) is 18.2 Å². The first kappa shape index (κ1) is 22.3. The third-order valence-electron chi connectivity index (χ3n) is 5.27. The second-order valence-corrected chi connectivity index (χ2v) is 8.04. The van der Waals surface area contributed by atoms with Crippen LogP contribution in [0.15, 0.2) is 53.1 Å². The first-order chi connectivity index (χ1) is 15.3. The molecule has 0 spiro atoms. The number of alkyl halides is 3. The Labute approximate surface area is 187 Å². The summed E-state index contributed by atoms with van der Waals surface area (Å²) < 4.78 is 44.5. The van der Waals surface area contributed by atoms with Crippen molar-refractivity contribution in [3.8, 4) is 11.4 Å². The van der Waals surface area contributed by atoms with Crippen LogP contribution in [0.1, 0.15) is 24.3 Å².